The van der Waals surface area contributed by atoms with Crippen LogP contribution in [0, 0.1) is 6.92 Å². The van der Waals surface area contributed by atoms with Crippen molar-refractivity contribution in [3.05, 3.63) is 58.0 Å². The minimum atomic E-state index is -0.140. The zero-order valence-corrected chi connectivity index (χ0v) is 10.1. The van der Waals surface area contributed by atoms with E-state index in [0.717, 1.165) is 23.4 Å². The molecule has 2 rings (SSSR count). The number of nitrogens with two attached hydrogens (primary N) is 1. The molecule has 0 aliphatic heterocycles. The number of nitrogens with zero attached hydrogens (tertiary/aromatic N) is 1. The van der Waals surface area contributed by atoms with Crippen LogP contribution in [0.1, 0.15) is 18.2 Å². The molecule has 88 valence electrons. The van der Waals surface area contributed by atoms with Gasteiger partial charge in [0.05, 0.1) is 11.4 Å². The van der Waals surface area contributed by atoms with Gasteiger partial charge in [0.25, 0.3) is 5.56 Å². The maximum Gasteiger partial charge on any atom is 0.278 e. The normalized spacial score (nSPS) is 10.5. The van der Waals surface area contributed by atoms with E-state index in [2.05, 4.69) is 0 Å². The summed E-state index contributed by atoms with van der Waals surface area (Å²) < 4.78 is 1.70. The van der Waals surface area contributed by atoms with Crippen LogP contribution in [0.15, 0.2) is 41.2 Å². The first kappa shape index (κ1) is 11.5. The largest absolute Gasteiger partial charge is 0.394 e. The molecule has 0 fully saturated rings. The second-order valence-corrected chi connectivity index (χ2v) is 4.06. The Morgan fingerprint density at radius 2 is 1.88 bits per heavy atom. The third-order valence-corrected chi connectivity index (χ3v) is 2.91. The minimum absolute atomic E-state index is 0.140. The van der Waals surface area contributed by atoms with E-state index in [1.807, 2.05) is 44.2 Å². The highest BCUT2D eigenvalue weighted by Crippen LogP contribution is 2.15. The lowest BCUT2D eigenvalue weighted by Crippen LogP contribution is -2.24. The van der Waals surface area contributed by atoms with Crippen molar-refractivity contribution in [2.24, 2.45) is 0 Å². The van der Waals surface area contributed by atoms with Gasteiger partial charge >= 0.3 is 0 Å². The number of anilines is 1. The number of nitrogen functional groups attached to an aromatic ring is 1. The Balaban J connectivity index is 2.79. The molecule has 0 amide bonds. The van der Waals surface area contributed by atoms with E-state index < -0.39 is 0 Å². The maximum atomic E-state index is 12.1. The van der Waals surface area contributed by atoms with E-state index >= 15 is 0 Å². The molecule has 0 saturated heterocycles. The van der Waals surface area contributed by atoms with Gasteiger partial charge in [-0.15, -0.1) is 0 Å². The number of para-hydroxylation sites is 1. The number of benzene rings is 1. The highest BCUT2D eigenvalue weighted by molar-refractivity contribution is 5.46. The van der Waals surface area contributed by atoms with Gasteiger partial charge in [0.1, 0.15) is 0 Å². The van der Waals surface area contributed by atoms with Gasteiger partial charge < -0.3 is 5.73 Å². The first-order valence-electron chi connectivity index (χ1n) is 5.71. The summed E-state index contributed by atoms with van der Waals surface area (Å²) in [5.74, 6) is 0. The van der Waals surface area contributed by atoms with Crippen LogP contribution in [-0.4, -0.2) is 4.57 Å². The molecule has 0 bridgehead atoms. The van der Waals surface area contributed by atoms with E-state index in [-0.39, 0.29) is 11.2 Å². The van der Waals surface area contributed by atoms with Gasteiger partial charge in [-0.05, 0) is 37.1 Å². The molecule has 3 nitrogen and oxygen atoms in total. The van der Waals surface area contributed by atoms with Crippen molar-refractivity contribution in [1.82, 2.24) is 4.57 Å². The summed E-state index contributed by atoms with van der Waals surface area (Å²) in [5.41, 5.74) is 8.78. The number of rotatable bonds is 2. The average Bonchev–Trinajstić information content (AvgIpc) is 2.34. The zero-order valence-electron chi connectivity index (χ0n) is 10.1. The highest BCUT2D eigenvalue weighted by atomic mass is 16.1. The molecule has 0 unspecified atom stereocenters. The van der Waals surface area contributed by atoms with Gasteiger partial charge in [-0.3, -0.25) is 9.36 Å². The van der Waals surface area contributed by atoms with Crippen LogP contribution in [0.4, 0.5) is 5.69 Å². The Labute approximate surface area is 101 Å². The minimum Gasteiger partial charge on any atom is -0.394 e. The molecular weight excluding hydrogens is 212 g/mol. The SMILES string of the molecule is CCc1ccc(N)c(=O)n1-c1ccccc1C. The fourth-order valence-electron chi connectivity index (χ4n) is 1.95. The van der Waals surface area contributed by atoms with Crippen molar-refractivity contribution < 1.29 is 0 Å². The standard InChI is InChI=1S/C14H16N2O/c1-3-11-8-9-12(15)14(17)16(11)13-7-5-4-6-10(13)2/h4-9H,3,15H2,1-2H3. The van der Waals surface area contributed by atoms with Crippen molar-refractivity contribution in [3.63, 3.8) is 0 Å². The smallest absolute Gasteiger partial charge is 0.278 e. The van der Waals surface area contributed by atoms with Crippen LogP contribution in [0.3, 0.4) is 0 Å². The Bertz CT molecular complexity index is 599. The molecule has 0 aliphatic carbocycles. The van der Waals surface area contributed by atoms with Gasteiger partial charge in [-0.2, -0.15) is 0 Å². The second kappa shape index (κ2) is 4.45. The summed E-state index contributed by atoms with van der Waals surface area (Å²) in [4.78, 5) is 12.1. The van der Waals surface area contributed by atoms with Crippen molar-refractivity contribution >= 4 is 5.69 Å². The topological polar surface area (TPSA) is 48.0 Å². The van der Waals surface area contributed by atoms with Crippen molar-refractivity contribution in [1.29, 1.82) is 0 Å². The molecule has 0 atom stereocenters. The molecule has 0 radical (unpaired) electrons. The molecule has 2 aromatic rings. The molecule has 2 N–H and O–H groups in total. The average molecular weight is 228 g/mol. The predicted molar refractivity (Wildman–Crippen MR) is 70.6 cm³/mol. The van der Waals surface area contributed by atoms with Gasteiger partial charge in [0.15, 0.2) is 0 Å². The summed E-state index contributed by atoms with van der Waals surface area (Å²) in [7, 11) is 0. The van der Waals surface area contributed by atoms with Crippen LogP contribution in [0.2, 0.25) is 0 Å². The molecular formula is C14H16N2O. The summed E-state index contributed by atoms with van der Waals surface area (Å²) in [6.07, 6.45) is 0.795. The molecule has 0 saturated carbocycles. The van der Waals surface area contributed by atoms with Crippen LogP contribution in [-0.2, 0) is 6.42 Å². The molecule has 1 heterocycles. The molecule has 0 aliphatic rings. The van der Waals surface area contributed by atoms with E-state index in [4.69, 9.17) is 5.73 Å². The van der Waals surface area contributed by atoms with Crippen molar-refractivity contribution in [2.45, 2.75) is 20.3 Å². The van der Waals surface area contributed by atoms with Crippen molar-refractivity contribution in [3.8, 4) is 5.69 Å². The van der Waals surface area contributed by atoms with Crippen LogP contribution in [0.25, 0.3) is 5.69 Å². The maximum absolute atomic E-state index is 12.1. The fraction of sp³-hybridized carbons (Fsp3) is 0.214. The Kier molecular flexibility index (Phi) is 3.00. The van der Waals surface area contributed by atoms with E-state index in [1.165, 1.54) is 0 Å². The highest BCUT2D eigenvalue weighted by Gasteiger charge is 2.09. The number of aryl methyl sites for hydroxylation is 2. The second-order valence-electron chi connectivity index (χ2n) is 4.06. The van der Waals surface area contributed by atoms with Crippen molar-refractivity contribution in [2.75, 3.05) is 5.73 Å². The summed E-state index contributed by atoms with van der Waals surface area (Å²) in [6, 6.07) is 11.4. The fourth-order valence-corrected chi connectivity index (χ4v) is 1.95. The monoisotopic (exact) mass is 228 g/mol. The summed E-state index contributed by atoms with van der Waals surface area (Å²) in [6.45, 7) is 4.02. The van der Waals surface area contributed by atoms with Gasteiger partial charge in [-0.25, -0.2) is 0 Å². The zero-order chi connectivity index (χ0) is 12.4. The number of aromatic nitrogens is 1. The van der Waals surface area contributed by atoms with E-state index in [9.17, 15) is 4.79 Å². The predicted octanol–water partition coefficient (Wildman–Crippen LogP) is 2.29. The molecule has 17 heavy (non-hydrogen) atoms. The van der Waals surface area contributed by atoms with Crippen LogP contribution in [0.5, 0.6) is 0 Å². The Morgan fingerprint density at radius 3 is 2.53 bits per heavy atom. The lowest BCUT2D eigenvalue weighted by atomic mass is 10.1. The molecule has 3 heteroatoms. The Hall–Kier alpha value is -2.03. The first-order chi connectivity index (χ1) is 8.15. The summed E-state index contributed by atoms with van der Waals surface area (Å²) in [5, 5.41) is 0. The van der Waals surface area contributed by atoms with Gasteiger partial charge in [0.2, 0.25) is 0 Å². The molecule has 1 aromatic carbocycles. The van der Waals surface area contributed by atoms with Crippen LogP contribution < -0.4 is 11.3 Å². The number of hydrogen-bond acceptors (Lipinski definition) is 2. The lowest BCUT2D eigenvalue weighted by molar-refractivity contribution is 0.874. The Morgan fingerprint density at radius 1 is 1.18 bits per heavy atom. The van der Waals surface area contributed by atoms with E-state index in [1.54, 1.807) is 10.6 Å². The molecule has 0 spiro atoms. The quantitative estimate of drug-likeness (QED) is 0.857. The van der Waals surface area contributed by atoms with E-state index in [0.29, 0.717) is 0 Å². The lowest BCUT2D eigenvalue weighted by Gasteiger charge is -2.14. The van der Waals surface area contributed by atoms with Crippen LogP contribution >= 0.6 is 0 Å². The van der Waals surface area contributed by atoms with Gasteiger partial charge in [0, 0.05) is 5.69 Å². The molecule has 1 aromatic heterocycles. The number of pyridine rings is 1. The first-order valence-corrected chi connectivity index (χ1v) is 5.71. The summed E-state index contributed by atoms with van der Waals surface area (Å²) >= 11 is 0. The van der Waals surface area contributed by atoms with Gasteiger partial charge in [-0.1, -0.05) is 25.1 Å². The number of hydrogen-bond donors (Lipinski definition) is 1. The third-order valence-electron chi connectivity index (χ3n) is 2.91. The third kappa shape index (κ3) is 1.96.